The van der Waals surface area contributed by atoms with Crippen molar-refractivity contribution < 1.29 is 29.3 Å². The van der Waals surface area contributed by atoms with Crippen LogP contribution in [0.2, 0.25) is 0 Å². The van der Waals surface area contributed by atoms with Gasteiger partial charge in [-0.3, -0.25) is 9.59 Å². The number of carbonyl (C=O) groups is 3. The minimum Gasteiger partial charge on any atom is -0.444 e. The van der Waals surface area contributed by atoms with Gasteiger partial charge in [-0.05, 0) is 69.8 Å². The van der Waals surface area contributed by atoms with Crippen LogP contribution >= 0.6 is 0 Å². The summed E-state index contributed by atoms with van der Waals surface area (Å²) in [5.74, 6) is -0.284. The number of alkyl carbamates (subject to hydrolysis) is 1. The fourth-order valence-electron chi connectivity index (χ4n) is 6.25. The lowest BCUT2D eigenvalue weighted by Crippen LogP contribution is -2.50. The molecule has 0 aromatic heterocycles. The van der Waals surface area contributed by atoms with Crippen molar-refractivity contribution in [2.75, 3.05) is 6.54 Å². The Morgan fingerprint density at radius 3 is 2.11 bits per heavy atom. The van der Waals surface area contributed by atoms with Gasteiger partial charge in [0.25, 0.3) is 0 Å². The molecule has 0 unspecified atom stereocenters. The molecule has 5 atom stereocenters. The summed E-state index contributed by atoms with van der Waals surface area (Å²) < 4.78 is 5.50. The Kier molecular flexibility index (Phi) is 17.0. The summed E-state index contributed by atoms with van der Waals surface area (Å²) >= 11 is 0. The highest BCUT2D eigenvalue weighted by Gasteiger charge is 2.33. The molecular formula is C38H63N3O6. The SMILES string of the molecule is C=C(C[C@H](O)[C@H](CC1CCCCC1)NC(=O)[C@H](CC(C)C)C[C@@H](O)[C@H](Cc1ccccc1)NC(=O)OC(C)(C)C)C(=O)NCC(C)C. The minimum atomic E-state index is -1.04. The maximum absolute atomic E-state index is 14.0. The lowest BCUT2D eigenvalue weighted by atomic mass is 9.82. The van der Waals surface area contributed by atoms with Crippen molar-refractivity contribution in [2.45, 2.75) is 143 Å². The number of hydrogen-bond donors (Lipinski definition) is 5. The van der Waals surface area contributed by atoms with E-state index in [9.17, 15) is 24.6 Å². The number of carbonyl (C=O) groups excluding carboxylic acids is 3. The fourth-order valence-corrected chi connectivity index (χ4v) is 6.25. The second kappa shape index (κ2) is 19.8. The topological polar surface area (TPSA) is 137 Å². The highest BCUT2D eigenvalue weighted by atomic mass is 16.6. The van der Waals surface area contributed by atoms with E-state index < -0.39 is 41.9 Å². The third-order valence-corrected chi connectivity index (χ3v) is 8.67. The van der Waals surface area contributed by atoms with Crippen LogP contribution in [0.4, 0.5) is 4.79 Å². The van der Waals surface area contributed by atoms with Gasteiger partial charge in [-0.25, -0.2) is 4.79 Å². The summed E-state index contributed by atoms with van der Waals surface area (Å²) in [6.45, 7) is 17.9. The molecule has 2 rings (SSSR count). The van der Waals surface area contributed by atoms with E-state index in [0.29, 0.717) is 31.7 Å². The van der Waals surface area contributed by atoms with Crippen molar-refractivity contribution in [3.63, 3.8) is 0 Å². The summed E-state index contributed by atoms with van der Waals surface area (Å²) in [4.78, 5) is 39.4. The minimum absolute atomic E-state index is 0.0536. The number of aliphatic hydroxyl groups is 2. The Balaban J connectivity index is 2.24. The monoisotopic (exact) mass is 657 g/mol. The van der Waals surface area contributed by atoms with Gasteiger partial charge in [0.05, 0.1) is 24.3 Å². The molecule has 9 heteroatoms. The van der Waals surface area contributed by atoms with Crippen molar-refractivity contribution in [1.82, 2.24) is 16.0 Å². The molecule has 3 amide bonds. The van der Waals surface area contributed by atoms with Gasteiger partial charge in [0.1, 0.15) is 5.60 Å². The second-order valence-electron chi connectivity index (χ2n) is 15.4. The van der Waals surface area contributed by atoms with E-state index in [-0.39, 0.29) is 42.1 Å². The average molecular weight is 658 g/mol. The number of nitrogens with one attached hydrogen (secondary N) is 3. The van der Waals surface area contributed by atoms with E-state index in [1.807, 2.05) is 58.0 Å². The molecule has 1 fully saturated rings. The Morgan fingerprint density at radius 1 is 0.894 bits per heavy atom. The molecule has 0 bridgehead atoms. The molecule has 0 aliphatic heterocycles. The highest BCUT2D eigenvalue weighted by Crippen LogP contribution is 2.29. The lowest BCUT2D eigenvalue weighted by Gasteiger charge is -2.33. The summed E-state index contributed by atoms with van der Waals surface area (Å²) in [5.41, 5.74) is 0.513. The number of amides is 3. The van der Waals surface area contributed by atoms with Gasteiger partial charge in [-0.1, -0.05) is 96.7 Å². The first-order valence-corrected chi connectivity index (χ1v) is 17.7. The smallest absolute Gasteiger partial charge is 0.407 e. The van der Waals surface area contributed by atoms with Gasteiger partial charge in [-0.15, -0.1) is 0 Å². The number of benzene rings is 1. The lowest BCUT2D eigenvalue weighted by molar-refractivity contribution is -0.128. The maximum Gasteiger partial charge on any atom is 0.407 e. The highest BCUT2D eigenvalue weighted by molar-refractivity contribution is 5.92. The van der Waals surface area contributed by atoms with Crippen molar-refractivity contribution in [1.29, 1.82) is 0 Å². The normalized spacial score (nSPS) is 17.3. The predicted molar refractivity (Wildman–Crippen MR) is 188 cm³/mol. The van der Waals surface area contributed by atoms with E-state index in [1.54, 1.807) is 20.8 Å². The first kappa shape index (κ1) is 40.3. The molecule has 1 aliphatic rings. The van der Waals surface area contributed by atoms with Crippen molar-refractivity contribution >= 4 is 17.9 Å². The molecule has 5 N–H and O–H groups in total. The Morgan fingerprint density at radius 2 is 1.53 bits per heavy atom. The molecule has 9 nitrogen and oxygen atoms in total. The van der Waals surface area contributed by atoms with E-state index in [0.717, 1.165) is 31.2 Å². The molecule has 0 spiro atoms. The molecule has 266 valence electrons. The van der Waals surface area contributed by atoms with Gasteiger partial charge in [0, 0.05) is 24.5 Å². The van der Waals surface area contributed by atoms with Crippen molar-refractivity contribution in [3.05, 3.63) is 48.0 Å². The van der Waals surface area contributed by atoms with E-state index in [2.05, 4.69) is 22.5 Å². The van der Waals surface area contributed by atoms with Crippen LogP contribution in [0.15, 0.2) is 42.5 Å². The third-order valence-electron chi connectivity index (χ3n) is 8.67. The van der Waals surface area contributed by atoms with Gasteiger partial charge in [0.15, 0.2) is 0 Å². The average Bonchev–Trinajstić information content (AvgIpc) is 2.98. The number of ether oxygens (including phenoxy) is 1. The van der Waals surface area contributed by atoms with E-state index in [1.165, 1.54) is 6.42 Å². The number of hydrogen-bond acceptors (Lipinski definition) is 6. The zero-order valence-electron chi connectivity index (χ0n) is 30.0. The largest absolute Gasteiger partial charge is 0.444 e. The summed E-state index contributed by atoms with van der Waals surface area (Å²) in [6.07, 6.45) is 4.54. The summed E-state index contributed by atoms with van der Waals surface area (Å²) in [5, 5.41) is 31.8. The van der Waals surface area contributed by atoms with Crippen LogP contribution in [0, 0.1) is 23.7 Å². The van der Waals surface area contributed by atoms with Crippen LogP contribution in [-0.4, -0.2) is 64.6 Å². The first-order valence-electron chi connectivity index (χ1n) is 17.7. The van der Waals surface area contributed by atoms with Crippen molar-refractivity contribution in [2.24, 2.45) is 23.7 Å². The van der Waals surface area contributed by atoms with Gasteiger partial charge < -0.3 is 30.9 Å². The van der Waals surface area contributed by atoms with Crippen LogP contribution in [0.1, 0.15) is 112 Å². The predicted octanol–water partition coefficient (Wildman–Crippen LogP) is 6.07. The van der Waals surface area contributed by atoms with E-state index in [4.69, 9.17) is 4.74 Å². The Hall–Kier alpha value is -2.91. The van der Waals surface area contributed by atoms with Crippen LogP contribution in [0.5, 0.6) is 0 Å². The zero-order valence-corrected chi connectivity index (χ0v) is 30.0. The Bertz CT molecular complexity index is 1110. The van der Waals surface area contributed by atoms with Crippen LogP contribution < -0.4 is 16.0 Å². The second-order valence-corrected chi connectivity index (χ2v) is 15.4. The summed E-state index contributed by atoms with van der Waals surface area (Å²) in [7, 11) is 0. The molecule has 0 radical (unpaired) electrons. The standard InChI is InChI=1S/C38H63N3O6/c1-25(2)19-30(23-34(43)32(22-29-17-13-10-14-18-29)41-37(46)47-38(6,7)8)36(45)40-31(21-28-15-11-9-12-16-28)33(42)20-27(5)35(44)39-24-26(3)4/h10,13-14,17-18,25-26,28,30-34,42-43H,5,9,11-12,15-16,19-24H2,1-4,6-8H3,(H,39,44)(H,40,45)(H,41,46)/t30-,31+,32+,33+,34-/m1/s1. The molecule has 1 saturated carbocycles. The molecule has 1 aliphatic carbocycles. The van der Waals surface area contributed by atoms with Gasteiger partial charge in [-0.2, -0.15) is 0 Å². The Labute approximate surface area is 283 Å². The maximum atomic E-state index is 14.0. The molecule has 0 heterocycles. The van der Waals surface area contributed by atoms with Gasteiger partial charge in [0.2, 0.25) is 11.8 Å². The number of rotatable bonds is 18. The molecule has 1 aromatic carbocycles. The van der Waals surface area contributed by atoms with Crippen molar-refractivity contribution in [3.8, 4) is 0 Å². The van der Waals surface area contributed by atoms with E-state index >= 15 is 0 Å². The number of aliphatic hydroxyl groups excluding tert-OH is 2. The summed E-state index contributed by atoms with van der Waals surface area (Å²) in [6, 6.07) is 8.33. The fraction of sp³-hybridized carbons (Fsp3) is 0.711. The van der Waals surface area contributed by atoms with Crippen LogP contribution in [0.25, 0.3) is 0 Å². The van der Waals surface area contributed by atoms with Crippen LogP contribution in [-0.2, 0) is 20.7 Å². The first-order chi connectivity index (χ1) is 22.0. The molecule has 0 saturated heterocycles. The molecule has 47 heavy (non-hydrogen) atoms. The van der Waals surface area contributed by atoms with Crippen LogP contribution in [0.3, 0.4) is 0 Å². The quantitative estimate of drug-likeness (QED) is 0.122. The molecule has 1 aromatic rings. The zero-order chi connectivity index (χ0) is 35.1. The molecular weight excluding hydrogens is 594 g/mol. The third kappa shape index (κ3) is 16.2. The van der Waals surface area contributed by atoms with Gasteiger partial charge >= 0.3 is 6.09 Å².